The van der Waals surface area contributed by atoms with Crippen LogP contribution in [0.2, 0.25) is 0 Å². The quantitative estimate of drug-likeness (QED) is 0.703. The Hall–Kier alpha value is -2.84. The van der Waals surface area contributed by atoms with Gasteiger partial charge in [-0.3, -0.25) is 0 Å². The van der Waals surface area contributed by atoms with Gasteiger partial charge < -0.3 is 9.47 Å². The standard InChI is InChI=1S/C19H19N3O4S/c23-27(24,17-6-7-18-19(14-17)26-13-12-25-18)21-10-8-15-2-4-16(5-3-15)22-11-1-9-20-22/h1-7,9,11,14,21H,8,10,12-13H2. The number of ether oxygens (including phenoxy) is 2. The molecule has 0 radical (unpaired) electrons. The number of nitrogens with zero attached hydrogens (tertiary/aromatic N) is 2. The van der Waals surface area contributed by atoms with Gasteiger partial charge in [0.15, 0.2) is 11.5 Å². The Balaban J connectivity index is 1.38. The largest absolute Gasteiger partial charge is 0.486 e. The van der Waals surface area contributed by atoms with E-state index in [0.29, 0.717) is 37.7 Å². The van der Waals surface area contributed by atoms with Crippen molar-refractivity contribution >= 4 is 10.0 Å². The van der Waals surface area contributed by atoms with Gasteiger partial charge in [-0.05, 0) is 42.3 Å². The minimum atomic E-state index is -3.61. The summed E-state index contributed by atoms with van der Waals surface area (Å²) in [6.07, 6.45) is 4.18. The fourth-order valence-corrected chi connectivity index (χ4v) is 3.89. The molecule has 0 saturated heterocycles. The number of aromatic nitrogens is 2. The fraction of sp³-hybridized carbons (Fsp3) is 0.211. The predicted molar refractivity (Wildman–Crippen MR) is 99.9 cm³/mol. The van der Waals surface area contributed by atoms with Crippen LogP contribution in [0.15, 0.2) is 65.8 Å². The van der Waals surface area contributed by atoms with Crippen LogP contribution in [0.4, 0.5) is 0 Å². The number of sulfonamides is 1. The third-order valence-electron chi connectivity index (χ3n) is 4.23. The Bertz CT molecular complexity index is 1020. The van der Waals surface area contributed by atoms with E-state index in [1.54, 1.807) is 16.9 Å². The van der Waals surface area contributed by atoms with Crippen molar-refractivity contribution in [1.82, 2.24) is 14.5 Å². The second-order valence-corrected chi connectivity index (χ2v) is 7.84. The van der Waals surface area contributed by atoms with Crippen LogP contribution in [0.1, 0.15) is 5.56 Å². The van der Waals surface area contributed by atoms with Crippen molar-refractivity contribution in [3.63, 3.8) is 0 Å². The van der Waals surface area contributed by atoms with E-state index in [9.17, 15) is 8.42 Å². The molecule has 1 aliphatic heterocycles. The average molecular weight is 385 g/mol. The third-order valence-corrected chi connectivity index (χ3v) is 5.69. The van der Waals surface area contributed by atoms with Gasteiger partial charge >= 0.3 is 0 Å². The summed E-state index contributed by atoms with van der Waals surface area (Å²) in [5.74, 6) is 1.02. The van der Waals surface area contributed by atoms with Gasteiger partial charge in [-0.2, -0.15) is 5.10 Å². The van der Waals surface area contributed by atoms with E-state index in [2.05, 4.69) is 9.82 Å². The maximum absolute atomic E-state index is 12.5. The summed E-state index contributed by atoms with van der Waals surface area (Å²) < 4.78 is 40.3. The van der Waals surface area contributed by atoms with Crippen molar-refractivity contribution < 1.29 is 17.9 Å². The van der Waals surface area contributed by atoms with E-state index < -0.39 is 10.0 Å². The molecule has 8 heteroatoms. The van der Waals surface area contributed by atoms with Crippen molar-refractivity contribution in [3.05, 3.63) is 66.5 Å². The molecular weight excluding hydrogens is 366 g/mol. The Labute approximate surface area is 157 Å². The van der Waals surface area contributed by atoms with Gasteiger partial charge in [0.05, 0.1) is 10.6 Å². The first-order valence-electron chi connectivity index (χ1n) is 8.60. The van der Waals surface area contributed by atoms with Crippen molar-refractivity contribution in [2.75, 3.05) is 19.8 Å². The molecule has 1 aromatic heterocycles. The highest BCUT2D eigenvalue weighted by Gasteiger charge is 2.19. The van der Waals surface area contributed by atoms with Gasteiger partial charge in [0.1, 0.15) is 13.2 Å². The topological polar surface area (TPSA) is 82.5 Å². The molecule has 1 N–H and O–H groups in total. The second-order valence-electron chi connectivity index (χ2n) is 6.07. The Kier molecular flexibility index (Phi) is 4.83. The molecule has 0 atom stereocenters. The molecule has 1 aliphatic rings. The molecule has 0 unspecified atom stereocenters. The van der Waals surface area contributed by atoms with E-state index in [1.165, 1.54) is 12.1 Å². The summed E-state index contributed by atoms with van der Waals surface area (Å²) in [6.45, 7) is 1.19. The normalized spacial score (nSPS) is 13.5. The molecule has 7 nitrogen and oxygen atoms in total. The molecule has 2 heterocycles. The van der Waals surface area contributed by atoms with Crippen molar-refractivity contribution in [1.29, 1.82) is 0 Å². The van der Waals surface area contributed by atoms with Crippen molar-refractivity contribution in [2.24, 2.45) is 0 Å². The van der Waals surface area contributed by atoms with E-state index in [-0.39, 0.29) is 4.90 Å². The summed E-state index contributed by atoms with van der Waals surface area (Å²) in [4.78, 5) is 0.167. The summed E-state index contributed by atoms with van der Waals surface area (Å²) >= 11 is 0. The number of fused-ring (bicyclic) bond motifs is 1. The lowest BCUT2D eigenvalue weighted by atomic mass is 10.1. The van der Waals surface area contributed by atoms with Gasteiger partial charge in [0, 0.05) is 25.0 Å². The van der Waals surface area contributed by atoms with E-state index >= 15 is 0 Å². The first-order valence-corrected chi connectivity index (χ1v) is 10.1. The molecule has 0 aliphatic carbocycles. The highest BCUT2D eigenvalue weighted by molar-refractivity contribution is 7.89. The summed E-state index contributed by atoms with van der Waals surface area (Å²) in [5.41, 5.74) is 2.00. The van der Waals surface area contributed by atoms with E-state index in [1.807, 2.05) is 36.5 Å². The minimum absolute atomic E-state index is 0.167. The average Bonchev–Trinajstić information content (AvgIpc) is 3.23. The molecule has 0 saturated carbocycles. The zero-order valence-corrected chi connectivity index (χ0v) is 15.4. The summed E-state index contributed by atoms with van der Waals surface area (Å²) in [6, 6.07) is 14.3. The first kappa shape index (κ1) is 17.6. The lowest BCUT2D eigenvalue weighted by Gasteiger charge is -2.18. The van der Waals surface area contributed by atoms with E-state index in [4.69, 9.17) is 9.47 Å². The molecule has 0 spiro atoms. The smallest absolute Gasteiger partial charge is 0.240 e. The van der Waals surface area contributed by atoms with Crippen molar-refractivity contribution in [2.45, 2.75) is 11.3 Å². The maximum Gasteiger partial charge on any atom is 0.240 e. The third kappa shape index (κ3) is 3.96. The van der Waals surface area contributed by atoms with E-state index in [0.717, 1.165) is 11.3 Å². The van der Waals surface area contributed by atoms with Gasteiger partial charge in [0.25, 0.3) is 0 Å². The molecule has 2 aromatic carbocycles. The number of hydrogen-bond acceptors (Lipinski definition) is 5. The van der Waals surface area contributed by atoms with Crippen LogP contribution in [-0.2, 0) is 16.4 Å². The molecule has 4 rings (SSSR count). The second kappa shape index (κ2) is 7.42. The van der Waals surface area contributed by atoms with Crippen LogP contribution in [0.5, 0.6) is 11.5 Å². The minimum Gasteiger partial charge on any atom is -0.486 e. The monoisotopic (exact) mass is 385 g/mol. The summed E-state index contributed by atoms with van der Waals surface area (Å²) in [5, 5.41) is 4.18. The Morgan fingerprint density at radius 1 is 1.04 bits per heavy atom. The van der Waals surface area contributed by atoms with Crippen LogP contribution in [0.25, 0.3) is 5.69 Å². The van der Waals surface area contributed by atoms with Crippen molar-refractivity contribution in [3.8, 4) is 17.2 Å². The first-order chi connectivity index (χ1) is 13.1. The SMILES string of the molecule is O=S(=O)(NCCc1ccc(-n2cccn2)cc1)c1ccc2c(c1)OCCO2. The van der Waals surface area contributed by atoms with Crippen LogP contribution in [0, 0.1) is 0 Å². The van der Waals surface area contributed by atoms with Gasteiger partial charge in [-0.15, -0.1) is 0 Å². The molecule has 0 amide bonds. The predicted octanol–water partition coefficient (Wildman–Crippen LogP) is 2.16. The number of rotatable bonds is 6. The highest BCUT2D eigenvalue weighted by atomic mass is 32.2. The lowest BCUT2D eigenvalue weighted by molar-refractivity contribution is 0.171. The highest BCUT2D eigenvalue weighted by Crippen LogP contribution is 2.32. The molecule has 27 heavy (non-hydrogen) atoms. The maximum atomic E-state index is 12.5. The number of hydrogen-bond donors (Lipinski definition) is 1. The van der Waals surface area contributed by atoms with Gasteiger partial charge in [-0.1, -0.05) is 12.1 Å². The zero-order valence-electron chi connectivity index (χ0n) is 14.5. The van der Waals surface area contributed by atoms with Crippen LogP contribution < -0.4 is 14.2 Å². The van der Waals surface area contributed by atoms with Crippen LogP contribution >= 0.6 is 0 Å². The number of nitrogens with one attached hydrogen (secondary N) is 1. The fourth-order valence-electron chi connectivity index (χ4n) is 2.84. The van der Waals surface area contributed by atoms with Crippen LogP contribution in [-0.4, -0.2) is 38.0 Å². The summed E-state index contributed by atoms with van der Waals surface area (Å²) in [7, 11) is -3.61. The Morgan fingerprint density at radius 2 is 1.81 bits per heavy atom. The molecule has 0 fully saturated rings. The van der Waals surface area contributed by atoms with Gasteiger partial charge in [0.2, 0.25) is 10.0 Å². The molecule has 140 valence electrons. The lowest BCUT2D eigenvalue weighted by Crippen LogP contribution is -2.26. The molecule has 3 aromatic rings. The Morgan fingerprint density at radius 3 is 2.56 bits per heavy atom. The van der Waals surface area contributed by atoms with Crippen LogP contribution in [0.3, 0.4) is 0 Å². The number of benzene rings is 2. The molecule has 0 bridgehead atoms. The molecular formula is C19H19N3O4S. The zero-order chi connectivity index (χ0) is 18.7. The van der Waals surface area contributed by atoms with Gasteiger partial charge in [-0.25, -0.2) is 17.8 Å².